The zero-order chi connectivity index (χ0) is 25.8. The Kier molecular flexibility index (Phi) is 8.14. The minimum atomic E-state index is -1.53. The lowest BCUT2D eigenvalue weighted by Gasteiger charge is -2.29. The molecule has 4 N–H and O–H groups in total. The molecule has 0 radical (unpaired) electrons. The normalized spacial score (nSPS) is 15.3. The van der Waals surface area contributed by atoms with Gasteiger partial charge in [-0.3, -0.25) is 4.79 Å². The summed E-state index contributed by atoms with van der Waals surface area (Å²) in [6.45, 7) is 4.78. The second kappa shape index (κ2) is 10.9. The number of hydrogen-bond acceptors (Lipinski definition) is 6. The Morgan fingerprint density at radius 1 is 1.00 bits per heavy atom. The van der Waals surface area contributed by atoms with Gasteiger partial charge in [0, 0.05) is 19.4 Å². The number of aliphatic hydroxyl groups is 1. The van der Waals surface area contributed by atoms with Crippen molar-refractivity contribution in [2.24, 2.45) is 0 Å². The minimum absolute atomic E-state index is 0.0473. The Bertz CT molecular complexity index is 1040. The Hall–Kier alpha value is -3.43. The number of nitrogens with one attached hydrogen (secondary N) is 2. The Balaban J connectivity index is 1.72. The summed E-state index contributed by atoms with van der Waals surface area (Å²) < 4.78 is 10.9. The minimum Gasteiger partial charge on any atom is -0.480 e. The molecule has 0 heterocycles. The molecule has 1 unspecified atom stereocenters. The lowest BCUT2D eigenvalue weighted by Crippen LogP contribution is -2.56. The molecule has 0 spiro atoms. The highest BCUT2D eigenvalue weighted by atomic mass is 16.5. The molecular formula is C26H32N2O7. The number of fused-ring (bicyclic) bond motifs is 3. The van der Waals surface area contributed by atoms with Crippen molar-refractivity contribution in [2.45, 2.75) is 56.9 Å². The second-order valence-electron chi connectivity index (χ2n) is 9.26. The lowest BCUT2D eigenvalue weighted by atomic mass is 9.97. The third kappa shape index (κ3) is 6.17. The molecule has 3 rings (SSSR count). The van der Waals surface area contributed by atoms with E-state index in [1.54, 1.807) is 13.8 Å². The smallest absolute Gasteiger partial charge is 0.407 e. The molecule has 0 fully saturated rings. The zero-order valence-corrected chi connectivity index (χ0v) is 20.3. The van der Waals surface area contributed by atoms with Crippen molar-refractivity contribution >= 4 is 18.0 Å². The lowest BCUT2D eigenvalue weighted by molar-refractivity contribution is -0.145. The van der Waals surface area contributed by atoms with Crippen LogP contribution in [0.5, 0.6) is 0 Å². The maximum atomic E-state index is 12.9. The van der Waals surface area contributed by atoms with Crippen LogP contribution < -0.4 is 10.6 Å². The summed E-state index contributed by atoms with van der Waals surface area (Å²) >= 11 is 0. The van der Waals surface area contributed by atoms with Gasteiger partial charge in [-0.25, -0.2) is 9.59 Å². The quantitative estimate of drug-likeness (QED) is 0.407. The van der Waals surface area contributed by atoms with Gasteiger partial charge in [0.25, 0.3) is 0 Å². The third-order valence-corrected chi connectivity index (χ3v) is 6.25. The van der Waals surface area contributed by atoms with Crippen LogP contribution in [0.15, 0.2) is 48.5 Å². The van der Waals surface area contributed by atoms with E-state index in [0.717, 1.165) is 22.3 Å². The van der Waals surface area contributed by atoms with E-state index in [1.165, 1.54) is 14.0 Å². The molecule has 0 aliphatic heterocycles. The van der Waals surface area contributed by atoms with Crippen LogP contribution in [-0.4, -0.2) is 65.7 Å². The Labute approximate surface area is 204 Å². The van der Waals surface area contributed by atoms with E-state index in [1.807, 2.05) is 48.5 Å². The van der Waals surface area contributed by atoms with Crippen molar-refractivity contribution in [3.8, 4) is 11.1 Å². The summed E-state index contributed by atoms with van der Waals surface area (Å²) in [6.07, 6.45) is -2.10. The molecule has 188 valence electrons. The SMILES string of the molecule is COC(C)(C)CC(NC(=O)OCC1c2ccccc2-c2ccccc21)C(=O)N[C@H](C(=O)O)[C@@H](C)O. The largest absolute Gasteiger partial charge is 0.480 e. The molecule has 2 aromatic rings. The van der Waals surface area contributed by atoms with Gasteiger partial charge in [-0.2, -0.15) is 0 Å². The molecule has 0 aromatic heterocycles. The number of benzene rings is 2. The maximum absolute atomic E-state index is 12.9. The molecule has 3 atom stereocenters. The zero-order valence-electron chi connectivity index (χ0n) is 20.3. The topological polar surface area (TPSA) is 134 Å². The number of carboxylic acids is 1. The number of methoxy groups -OCH3 is 1. The van der Waals surface area contributed by atoms with Crippen LogP contribution in [0.3, 0.4) is 0 Å². The van der Waals surface area contributed by atoms with Crippen LogP contribution in [0.4, 0.5) is 4.79 Å². The predicted molar refractivity (Wildman–Crippen MR) is 129 cm³/mol. The highest BCUT2D eigenvalue weighted by Gasteiger charge is 2.34. The van der Waals surface area contributed by atoms with E-state index in [2.05, 4.69) is 10.6 Å². The fraction of sp³-hybridized carbons (Fsp3) is 0.423. The first-order chi connectivity index (χ1) is 16.5. The van der Waals surface area contributed by atoms with Crippen molar-refractivity contribution in [2.75, 3.05) is 13.7 Å². The maximum Gasteiger partial charge on any atom is 0.407 e. The van der Waals surface area contributed by atoms with Gasteiger partial charge in [-0.15, -0.1) is 0 Å². The van der Waals surface area contributed by atoms with Crippen LogP contribution in [0, 0.1) is 0 Å². The molecule has 9 nitrogen and oxygen atoms in total. The summed E-state index contributed by atoms with van der Waals surface area (Å²) in [5.74, 6) is -2.31. The molecule has 35 heavy (non-hydrogen) atoms. The van der Waals surface area contributed by atoms with Crippen molar-refractivity contribution in [3.05, 3.63) is 59.7 Å². The van der Waals surface area contributed by atoms with Crippen LogP contribution in [0.1, 0.15) is 44.2 Å². The average Bonchev–Trinajstić information content (AvgIpc) is 3.13. The fourth-order valence-corrected chi connectivity index (χ4v) is 4.21. The number of alkyl carbamates (subject to hydrolysis) is 1. The van der Waals surface area contributed by atoms with Gasteiger partial charge < -0.3 is 30.3 Å². The highest BCUT2D eigenvalue weighted by Crippen LogP contribution is 2.44. The van der Waals surface area contributed by atoms with Gasteiger partial charge in [-0.1, -0.05) is 48.5 Å². The molecule has 1 aliphatic carbocycles. The fourth-order valence-electron chi connectivity index (χ4n) is 4.21. The molecule has 0 bridgehead atoms. The first kappa shape index (κ1) is 26.2. The number of ether oxygens (including phenoxy) is 2. The van der Waals surface area contributed by atoms with Gasteiger partial charge >= 0.3 is 12.1 Å². The van der Waals surface area contributed by atoms with Crippen LogP contribution in [0.2, 0.25) is 0 Å². The first-order valence-corrected chi connectivity index (χ1v) is 11.4. The van der Waals surface area contributed by atoms with Crippen LogP contribution >= 0.6 is 0 Å². The summed E-state index contributed by atoms with van der Waals surface area (Å²) in [6, 6.07) is 13.2. The molecule has 2 amide bonds. The van der Waals surface area contributed by atoms with Crippen LogP contribution in [0.25, 0.3) is 11.1 Å². The van der Waals surface area contributed by atoms with Crippen molar-refractivity contribution < 1.29 is 34.1 Å². The molecule has 0 saturated carbocycles. The van der Waals surface area contributed by atoms with E-state index >= 15 is 0 Å². The predicted octanol–water partition coefficient (Wildman–Crippen LogP) is 2.66. The summed E-state index contributed by atoms with van der Waals surface area (Å²) in [4.78, 5) is 37.0. The number of aliphatic hydroxyl groups excluding tert-OH is 1. The molecule has 0 saturated heterocycles. The summed E-state index contributed by atoms with van der Waals surface area (Å²) in [5, 5.41) is 23.8. The Morgan fingerprint density at radius 3 is 2.03 bits per heavy atom. The number of carboxylic acid groups (broad SMARTS) is 1. The van der Waals surface area contributed by atoms with Gasteiger partial charge in [0.1, 0.15) is 12.6 Å². The van der Waals surface area contributed by atoms with Crippen molar-refractivity contribution in [3.63, 3.8) is 0 Å². The van der Waals surface area contributed by atoms with E-state index in [0.29, 0.717) is 0 Å². The average molecular weight is 485 g/mol. The molecule has 9 heteroatoms. The van der Waals surface area contributed by atoms with E-state index in [4.69, 9.17) is 9.47 Å². The number of rotatable bonds is 10. The molecular weight excluding hydrogens is 452 g/mol. The Morgan fingerprint density at radius 2 is 1.54 bits per heavy atom. The van der Waals surface area contributed by atoms with Crippen molar-refractivity contribution in [1.82, 2.24) is 10.6 Å². The highest BCUT2D eigenvalue weighted by molar-refractivity contribution is 5.89. The third-order valence-electron chi connectivity index (χ3n) is 6.25. The summed E-state index contributed by atoms with van der Waals surface area (Å²) in [5.41, 5.74) is 3.49. The number of carbonyl (C=O) groups is 3. The van der Waals surface area contributed by atoms with Gasteiger partial charge in [0.2, 0.25) is 5.91 Å². The van der Waals surface area contributed by atoms with Gasteiger partial charge in [-0.05, 0) is 43.0 Å². The monoisotopic (exact) mass is 484 g/mol. The first-order valence-electron chi connectivity index (χ1n) is 11.4. The number of amides is 2. The summed E-state index contributed by atoms with van der Waals surface area (Å²) in [7, 11) is 1.47. The van der Waals surface area contributed by atoms with Crippen LogP contribution in [-0.2, 0) is 19.1 Å². The number of aliphatic carboxylic acids is 1. The van der Waals surface area contributed by atoms with E-state index < -0.39 is 41.8 Å². The second-order valence-corrected chi connectivity index (χ2v) is 9.26. The molecule has 1 aliphatic rings. The van der Waals surface area contributed by atoms with Gasteiger partial charge in [0.05, 0.1) is 11.7 Å². The number of carbonyl (C=O) groups excluding carboxylic acids is 2. The van der Waals surface area contributed by atoms with E-state index in [-0.39, 0.29) is 18.9 Å². The van der Waals surface area contributed by atoms with Crippen molar-refractivity contribution in [1.29, 1.82) is 0 Å². The standard InChI is InChI=1S/C26H32N2O7/c1-15(29)22(24(31)32)28-23(30)21(13-26(2,3)34-4)27-25(33)35-14-20-18-11-7-5-9-16(18)17-10-6-8-12-19(17)20/h5-12,15,20-22,29H,13-14H2,1-4H3,(H,27,33)(H,28,30)(H,31,32)/t15-,21?,22+/m1/s1. The van der Waals surface area contributed by atoms with E-state index in [9.17, 15) is 24.6 Å². The van der Waals surface area contributed by atoms with Gasteiger partial charge in [0.15, 0.2) is 6.04 Å². The number of hydrogen-bond donors (Lipinski definition) is 4. The molecule has 2 aromatic carbocycles.